The first-order valence-electron chi connectivity index (χ1n) is 6.00. The smallest absolute Gasteiger partial charge is 0.139 e. The fraction of sp³-hybridized carbons (Fsp3) is 0.357. The summed E-state index contributed by atoms with van der Waals surface area (Å²) in [6.45, 7) is 2.10. The Morgan fingerprint density at radius 2 is 2.17 bits per heavy atom. The van der Waals surface area contributed by atoms with E-state index in [9.17, 15) is 5.11 Å². The van der Waals surface area contributed by atoms with Gasteiger partial charge in [-0.15, -0.1) is 0 Å². The predicted molar refractivity (Wildman–Crippen MR) is 70.5 cm³/mol. The van der Waals surface area contributed by atoms with Crippen LogP contribution in [0.2, 0.25) is 0 Å². The number of hydrogen-bond donors (Lipinski definition) is 1. The number of aliphatic hydroxyl groups is 1. The number of nitrogens with zero attached hydrogens (tertiary/aromatic N) is 2. The molecule has 4 nitrogen and oxygen atoms in total. The standard InChI is InChI=1S/C14H18N2O2/c1-4-10-7-11(5-6-13(10)18-3)14-15-8-12(9-17)16(14)2/h5-8,17H,4,9H2,1-3H3. The van der Waals surface area contributed by atoms with Crippen molar-refractivity contribution >= 4 is 0 Å². The summed E-state index contributed by atoms with van der Waals surface area (Å²) >= 11 is 0. The van der Waals surface area contributed by atoms with Crippen molar-refractivity contribution in [2.75, 3.05) is 7.11 Å². The molecule has 1 aromatic carbocycles. The van der Waals surface area contributed by atoms with Gasteiger partial charge in [-0.2, -0.15) is 0 Å². The molecule has 2 rings (SSSR count). The summed E-state index contributed by atoms with van der Waals surface area (Å²) in [5.41, 5.74) is 3.00. The van der Waals surface area contributed by atoms with Gasteiger partial charge in [-0.3, -0.25) is 0 Å². The van der Waals surface area contributed by atoms with Crippen molar-refractivity contribution in [3.8, 4) is 17.1 Å². The number of benzene rings is 1. The summed E-state index contributed by atoms with van der Waals surface area (Å²) in [6.07, 6.45) is 2.61. The van der Waals surface area contributed by atoms with E-state index in [0.29, 0.717) is 0 Å². The van der Waals surface area contributed by atoms with E-state index in [1.165, 1.54) is 0 Å². The zero-order valence-corrected chi connectivity index (χ0v) is 11.0. The second-order valence-electron chi connectivity index (χ2n) is 4.17. The third kappa shape index (κ3) is 2.11. The van der Waals surface area contributed by atoms with E-state index < -0.39 is 0 Å². The van der Waals surface area contributed by atoms with Gasteiger partial charge >= 0.3 is 0 Å². The first-order valence-corrected chi connectivity index (χ1v) is 6.00. The van der Waals surface area contributed by atoms with Crippen LogP contribution in [-0.2, 0) is 20.1 Å². The van der Waals surface area contributed by atoms with Gasteiger partial charge in [-0.25, -0.2) is 4.98 Å². The number of aromatic nitrogens is 2. The van der Waals surface area contributed by atoms with Crippen LogP contribution in [0.3, 0.4) is 0 Å². The molecule has 2 aromatic rings. The van der Waals surface area contributed by atoms with Gasteiger partial charge in [0.15, 0.2) is 0 Å². The van der Waals surface area contributed by atoms with Gasteiger partial charge in [-0.05, 0) is 30.2 Å². The normalized spacial score (nSPS) is 10.7. The van der Waals surface area contributed by atoms with Crippen molar-refractivity contribution < 1.29 is 9.84 Å². The van der Waals surface area contributed by atoms with Gasteiger partial charge in [0, 0.05) is 12.6 Å². The highest BCUT2D eigenvalue weighted by molar-refractivity contribution is 5.59. The lowest BCUT2D eigenvalue weighted by Crippen LogP contribution is -1.99. The molecule has 0 aliphatic heterocycles. The fourth-order valence-electron chi connectivity index (χ4n) is 2.05. The largest absolute Gasteiger partial charge is 0.496 e. The Bertz CT molecular complexity index is 547. The van der Waals surface area contributed by atoms with Crippen LogP contribution in [-0.4, -0.2) is 21.8 Å². The van der Waals surface area contributed by atoms with E-state index in [2.05, 4.69) is 18.0 Å². The monoisotopic (exact) mass is 246 g/mol. The second kappa shape index (κ2) is 5.23. The van der Waals surface area contributed by atoms with E-state index in [1.54, 1.807) is 13.3 Å². The number of methoxy groups -OCH3 is 1. The number of imidazole rings is 1. The molecule has 1 N–H and O–H groups in total. The molecule has 4 heteroatoms. The van der Waals surface area contributed by atoms with Gasteiger partial charge in [0.2, 0.25) is 0 Å². The lowest BCUT2D eigenvalue weighted by Gasteiger charge is -2.10. The second-order valence-corrected chi connectivity index (χ2v) is 4.17. The summed E-state index contributed by atoms with van der Waals surface area (Å²) < 4.78 is 7.22. The average Bonchev–Trinajstić information content (AvgIpc) is 2.79. The molecule has 0 aliphatic carbocycles. The molecule has 96 valence electrons. The van der Waals surface area contributed by atoms with E-state index in [4.69, 9.17) is 4.74 Å². The summed E-state index contributed by atoms with van der Waals surface area (Å²) in [4.78, 5) is 4.35. The van der Waals surface area contributed by atoms with Crippen molar-refractivity contribution in [3.05, 3.63) is 35.7 Å². The molecule has 0 radical (unpaired) electrons. The van der Waals surface area contributed by atoms with E-state index in [-0.39, 0.29) is 6.61 Å². The van der Waals surface area contributed by atoms with Crippen LogP contribution in [0.1, 0.15) is 18.2 Å². The number of ether oxygens (including phenoxy) is 1. The maximum atomic E-state index is 9.18. The Hall–Kier alpha value is -1.81. The molecule has 1 aromatic heterocycles. The summed E-state index contributed by atoms with van der Waals surface area (Å²) in [5, 5.41) is 9.18. The summed E-state index contributed by atoms with van der Waals surface area (Å²) in [6, 6.07) is 6.03. The van der Waals surface area contributed by atoms with Gasteiger partial charge in [0.1, 0.15) is 11.6 Å². The Labute approximate surface area is 107 Å². The maximum absolute atomic E-state index is 9.18. The van der Waals surface area contributed by atoms with Crippen molar-refractivity contribution in [3.63, 3.8) is 0 Å². The average molecular weight is 246 g/mol. The van der Waals surface area contributed by atoms with Crippen LogP contribution in [0.4, 0.5) is 0 Å². The summed E-state index contributed by atoms with van der Waals surface area (Å²) in [5.74, 6) is 1.76. The molecule has 0 atom stereocenters. The van der Waals surface area contributed by atoms with Crippen molar-refractivity contribution in [1.82, 2.24) is 9.55 Å². The highest BCUT2D eigenvalue weighted by Gasteiger charge is 2.10. The lowest BCUT2D eigenvalue weighted by atomic mass is 10.1. The van der Waals surface area contributed by atoms with Crippen LogP contribution in [0.15, 0.2) is 24.4 Å². The molecule has 18 heavy (non-hydrogen) atoms. The summed E-state index contributed by atoms with van der Waals surface area (Å²) in [7, 11) is 3.59. The molecular weight excluding hydrogens is 228 g/mol. The highest BCUT2D eigenvalue weighted by Crippen LogP contribution is 2.26. The number of aliphatic hydroxyl groups excluding tert-OH is 1. The molecule has 0 fully saturated rings. The van der Waals surface area contributed by atoms with E-state index in [1.807, 2.05) is 23.7 Å². The molecule has 0 unspecified atom stereocenters. The van der Waals surface area contributed by atoms with E-state index >= 15 is 0 Å². The van der Waals surface area contributed by atoms with Crippen molar-refractivity contribution in [2.45, 2.75) is 20.0 Å². The lowest BCUT2D eigenvalue weighted by molar-refractivity contribution is 0.273. The van der Waals surface area contributed by atoms with Crippen LogP contribution < -0.4 is 4.74 Å². The Kier molecular flexibility index (Phi) is 3.67. The predicted octanol–water partition coefficient (Wildman–Crippen LogP) is 2.15. The maximum Gasteiger partial charge on any atom is 0.139 e. The zero-order valence-electron chi connectivity index (χ0n) is 11.0. The molecule has 0 amide bonds. The van der Waals surface area contributed by atoms with Crippen LogP contribution in [0, 0.1) is 0 Å². The third-order valence-corrected chi connectivity index (χ3v) is 3.17. The molecule has 0 aliphatic rings. The first kappa shape index (κ1) is 12.6. The number of rotatable bonds is 4. The van der Waals surface area contributed by atoms with E-state index in [0.717, 1.165) is 34.8 Å². The fourth-order valence-corrected chi connectivity index (χ4v) is 2.05. The molecule has 0 saturated heterocycles. The zero-order chi connectivity index (χ0) is 13.1. The van der Waals surface area contributed by atoms with Crippen LogP contribution in [0.25, 0.3) is 11.4 Å². The van der Waals surface area contributed by atoms with Crippen LogP contribution >= 0.6 is 0 Å². The minimum atomic E-state index is 0.000287. The third-order valence-electron chi connectivity index (χ3n) is 3.17. The Morgan fingerprint density at radius 3 is 2.72 bits per heavy atom. The number of aryl methyl sites for hydroxylation is 1. The van der Waals surface area contributed by atoms with Gasteiger partial charge in [0.25, 0.3) is 0 Å². The molecule has 0 saturated carbocycles. The van der Waals surface area contributed by atoms with Crippen LogP contribution in [0.5, 0.6) is 5.75 Å². The van der Waals surface area contributed by atoms with Crippen molar-refractivity contribution in [1.29, 1.82) is 0 Å². The highest BCUT2D eigenvalue weighted by atomic mass is 16.5. The molecule has 0 spiro atoms. The first-order chi connectivity index (χ1) is 8.71. The topological polar surface area (TPSA) is 47.3 Å². The number of hydrogen-bond acceptors (Lipinski definition) is 3. The Morgan fingerprint density at radius 1 is 1.39 bits per heavy atom. The van der Waals surface area contributed by atoms with Gasteiger partial charge in [0.05, 0.1) is 25.6 Å². The minimum Gasteiger partial charge on any atom is -0.496 e. The SMILES string of the molecule is CCc1cc(-c2ncc(CO)n2C)ccc1OC. The molecule has 0 bridgehead atoms. The molecule has 1 heterocycles. The van der Waals surface area contributed by atoms with Crippen molar-refractivity contribution in [2.24, 2.45) is 7.05 Å². The minimum absolute atomic E-state index is 0.000287. The van der Waals surface area contributed by atoms with Gasteiger partial charge < -0.3 is 14.4 Å². The molecular formula is C14H18N2O2. The quantitative estimate of drug-likeness (QED) is 0.899. The van der Waals surface area contributed by atoms with Gasteiger partial charge in [-0.1, -0.05) is 6.92 Å². The Balaban J connectivity index is 2.47.